The van der Waals surface area contributed by atoms with Gasteiger partial charge < -0.3 is 30.5 Å². The molecular formula is C21H24N4O5. The molecule has 158 valence electrons. The van der Waals surface area contributed by atoms with Crippen molar-refractivity contribution >= 4 is 23.3 Å². The van der Waals surface area contributed by atoms with Crippen LogP contribution in [0, 0.1) is 5.41 Å². The topological polar surface area (TPSA) is 138 Å². The van der Waals surface area contributed by atoms with Crippen LogP contribution >= 0.6 is 0 Å². The van der Waals surface area contributed by atoms with Gasteiger partial charge in [0.1, 0.15) is 11.6 Å². The summed E-state index contributed by atoms with van der Waals surface area (Å²) in [5.41, 5.74) is 7.21. The highest BCUT2D eigenvalue weighted by molar-refractivity contribution is 5.99. The van der Waals surface area contributed by atoms with Crippen LogP contribution in [0.2, 0.25) is 0 Å². The van der Waals surface area contributed by atoms with Gasteiger partial charge in [-0.2, -0.15) is 0 Å². The van der Waals surface area contributed by atoms with E-state index < -0.39 is 24.0 Å². The van der Waals surface area contributed by atoms with E-state index in [4.69, 9.17) is 20.6 Å². The molecule has 0 saturated carbocycles. The third-order valence-corrected chi connectivity index (χ3v) is 4.77. The lowest BCUT2D eigenvalue weighted by molar-refractivity contribution is -0.166. The van der Waals surface area contributed by atoms with Crippen LogP contribution in [0.1, 0.15) is 11.1 Å². The molecule has 1 aliphatic rings. The Bertz CT molecular complexity index is 914. The summed E-state index contributed by atoms with van der Waals surface area (Å²) in [4.78, 5) is 26.7. The van der Waals surface area contributed by atoms with E-state index in [2.05, 4.69) is 5.32 Å². The summed E-state index contributed by atoms with van der Waals surface area (Å²) in [6, 6.07) is 13.6. The normalized spacial score (nSPS) is 17.3. The SMILES string of the molecule is COc1ccc(CN2CCO[C@H]([C@@H](O)C(=O)Nc3ccc(C(=N)N)cc3)C2=O)cc1. The number of rotatable bonds is 7. The number of aliphatic hydroxyl groups excluding tert-OH is 1. The summed E-state index contributed by atoms with van der Waals surface area (Å²) in [5, 5.41) is 20.3. The van der Waals surface area contributed by atoms with Crippen LogP contribution in [0.3, 0.4) is 0 Å². The molecule has 2 aromatic carbocycles. The molecule has 0 aliphatic carbocycles. The molecule has 0 bridgehead atoms. The van der Waals surface area contributed by atoms with E-state index in [0.717, 1.165) is 5.56 Å². The van der Waals surface area contributed by atoms with Gasteiger partial charge in [-0.25, -0.2) is 0 Å². The molecule has 3 rings (SSSR count). The van der Waals surface area contributed by atoms with Crippen molar-refractivity contribution in [1.29, 1.82) is 5.41 Å². The first-order valence-electron chi connectivity index (χ1n) is 9.35. The quantitative estimate of drug-likeness (QED) is 0.390. The van der Waals surface area contributed by atoms with Crippen molar-refractivity contribution in [1.82, 2.24) is 4.90 Å². The number of carbonyl (C=O) groups is 2. The molecule has 2 aromatic rings. The monoisotopic (exact) mass is 412 g/mol. The minimum atomic E-state index is -1.66. The van der Waals surface area contributed by atoms with E-state index in [-0.39, 0.29) is 12.4 Å². The molecule has 1 saturated heterocycles. The van der Waals surface area contributed by atoms with E-state index in [1.165, 1.54) is 0 Å². The van der Waals surface area contributed by atoms with Gasteiger partial charge in [0.25, 0.3) is 11.8 Å². The first-order chi connectivity index (χ1) is 14.4. The van der Waals surface area contributed by atoms with Gasteiger partial charge in [-0.3, -0.25) is 15.0 Å². The molecule has 5 N–H and O–H groups in total. The van der Waals surface area contributed by atoms with E-state index >= 15 is 0 Å². The van der Waals surface area contributed by atoms with Gasteiger partial charge in [0.2, 0.25) is 0 Å². The number of hydrogen-bond donors (Lipinski definition) is 4. The lowest BCUT2D eigenvalue weighted by Crippen LogP contribution is -2.54. The van der Waals surface area contributed by atoms with Gasteiger partial charge in [-0.05, 0) is 42.0 Å². The third-order valence-electron chi connectivity index (χ3n) is 4.77. The third kappa shape index (κ3) is 4.94. The number of morpholine rings is 1. The predicted molar refractivity (Wildman–Crippen MR) is 110 cm³/mol. The summed E-state index contributed by atoms with van der Waals surface area (Å²) in [7, 11) is 1.58. The molecule has 2 amide bonds. The number of amides is 2. The van der Waals surface area contributed by atoms with Gasteiger partial charge in [-0.15, -0.1) is 0 Å². The van der Waals surface area contributed by atoms with Crippen LogP contribution in [0.15, 0.2) is 48.5 Å². The molecule has 0 aromatic heterocycles. The smallest absolute Gasteiger partial charge is 0.256 e. The number of ether oxygens (including phenoxy) is 2. The molecule has 0 unspecified atom stereocenters. The fourth-order valence-electron chi connectivity index (χ4n) is 3.07. The Kier molecular flexibility index (Phi) is 6.65. The second-order valence-corrected chi connectivity index (χ2v) is 6.82. The Hall–Kier alpha value is -3.43. The zero-order valence-corrected chi connectivity index (χ0v) is 16.5. The number of methoxy groups -OCH3 is 1. The summed E-state index contributed by atoms with van der Waals surface area (Å²) in [6.07, 6.45) is -2.95. The van der Waals surface area contributed by atoms with E-state index in [9.17, 15) is 14.7 Å². The number of hydrogen-bond acceptors (Lipinski definition) is 6. The molecular weight excluding hydrogens is 388 g/mol. The molecule has 0 spiro atoms. The summed E-state index contributed by atoms with van der Waals surface area (Å²) >= 11 is 0. The van der Waals surface area contributed by atoms with Crippen LogP contribution in [-0.2, 0) is 20.9 Å². The van der Waals surface area contributed by atoms with Crippen molar-refractivity contribution in [3.63, 3.8) is 0 Å². The van der Waals surface area contributed by atoms with E-state index in [1.54, 1.807) is 48.4 Å². The molecule has 9 heteroatoms. The number of nitrogen functional groups attached to an aromatic ring is 1. The standard InChI is InChI=1S/C21H24N4O5/c1-29-16-8-2-13(3-9-16)12-25-10-11-30-18(21(25)28)17(26)20(27)24-15-6-4-14(5-7-15)19(22)23/h2-9,17-18,26H,10-12H2,1H3,(H3,22,23)(H,24,27)/t17-,18-/m1/s1. The molecule has 9 nitrogen and oxygen atoms in total. The van der Waals surface area contributed by atoms with Gasteiger partial charge in [0, 0.05) is 24.3 Å². The van der Waals surface area contributed by atoms with Gasteiger partial charge in [0.15, 0.2) is 12.2 Å². The molecule has 1 aliphatic heterocycles. The highest BCUT2D eigenvalue weighted by Gasteiger charge is 2.38. The van der Waals surface area contributed by atoms with Crippen LogP contribution in [-0.4, -0.2) is 60.1 Å². The zero-order valence-electron chi connectivity index (χ0n) is 16.5. The largest absolute Gasteiger partial charge is 0.497 e. The van der Waals surface area contributed by atoms with Crippen LogP contribution < -0.4 is 15.8 Å². The molecule has 1 fully saturated rings. The maximum absolute atomic E-state index is 12.8. The lowest BCUT2D eigenvalue weighted by atomic mass is 10.1. The Balaban J connectivity index is 1.62. The molecule has 30 heavy (non-hydrogen) atoms. The first-order valence-corrected chi connectivity index (χ1v) is 9.35. The number of nitrogens with one attached hydrogen (secondary N) is 2. The van der Waals surface area contributed by atoms with Gasteiger partial charge >= 0.3 is 0 Å². The molecule has 2 atom stereocenters. The highest BCUT2D eigenvalue weighted by atomic mass is 16.5. The van der Waals surface area contributed by atoms with Gasteiger partial charge in [-0.1, -0.05) is 12.1 Å². The van der Waals surface area contributed by atoms with Crippen LogP contribution in [0.25, 0.3) is 0 Å². The fraction of sp³-hybridized carbons (Fsp3) is 0.286. The molecule has 1 heterocycles. The van der Waals surface area contributed by atoms with E-state index in [0.29, 0.717) is 30.1 Å². The number of anilines is 1. The van der Waals surface area contributed by atoms with Crippen LogP contribution in [0.5, 0.6) is 5.75 Å². The highest BCUT2D eigenvalue weighted by Crippen LogP contribution is 2.18. The van der Waals surface area contributed by atoms with E-state index in [1.807, 2.05) is 12.1 Å². The average molecular weight is 412 g/mol. The Labute approximate surface area is 173 Å². The first kappa shape index (κ1) is 21.3. The van der Waals surface area contributed by atoms with Gasteiger partial charge in [0.05, 0.1) is 13.7 Å². The summed E-state index contributed by atoms with van der Waals surface area (Å²) in [6.45, 7) is 0.913. The Morgan fingerprint density at radius 3 is 2.57 bits per heavy atom. The van der Waals surface area contributed by atoms with Crippen molar-refractivity contribution in [2.24, 2.45) is 5.73 Å². The fourth-order valence-corrected chi connectivity index (χ4v) is 3.07. The second-order valence-electron chi connectivity index (χ2n) is 6.82. The van der Waals surface area contributed by atoms with Crippen molar-refractivity contribution < 1.29 is 24.2 Å². The average Bonchev–Trinajstić information content (AvgIpc) is 2.75. The number of carbonyl (C=O) groups excluding carboxylic acids is 2. The van der Waals surface area contributed by atoms with Crippen molar-refractivity contribution in [2.75, 3.05) is 25.6 Å². The maximum atomic E-state index is 12.8. The van der Waals surface area contributed by atoms with Crippen molar-refractivity contribution in [3.8, 4) is 5.75 Å². The minimum absolute atomic E-state index is 0.0916. The second kappa shape index (κ2) is 9.38. The number of nitrogens with zero attached hydrogens (tertiary/aromatic N) is 1. The zero-order chi connectivity index (χ0) is 21.7. The maximum Gasteiger partial charge on any atom is 0.256 e. The van der Waals surface area contributed by atoms with Crippen molar-refractivity contribution in [3.05, 3.63) is 59.7 Å². The Morgan fingerprint density at radius 2 is 1.97 bits per heavy atom. The number of benzene rings is 2. The number of nitrogens with two attached hydrogens (primary N) is 1. The number of amidine groups is 1. The minimum Gasteiger partial charge on any atom is -0.497 e. The summed E-state index contributed by atoms with van der Waals surface area (Å²) in [5.74, 6) is -0.582. The Morgan fingerprint density at radius 1 is 1.30 bits per heavy atom. The number of aliphatic hydroxyl groups is 1. The van der Waals surface area contributed by atoms with Crippen molar-refractivity contribution in [2.45, 2.75) is 18.8 Å². The van der Waals surface area contributed by atoms with Crippen LogP contribution in [0.4, 0.5) is 5.69 Å². The predicted octanol–water partition coefficient (Wildman–Crippen LogP) is 0.706. The summed E-state index contributed by atoms with van der Waals surface area (Å²) < 4.78 is 10.5. The molecule has 0 radical (unpaired) electrons. The lowest BCUT2D eigenvalue weighted by Gasteiger charge is -2.34.